The molecule has 0 aromatic heterocycles. The quantitative estimate of drug-likeness (QED) is 0.616. The van der Waals surface area contributed by atoms with Crippen LogP contribution in [0.15, 0.2) is 12.7 Å². The second-order valence-electron chi connectivity index (χ2n) is 3.32. The van der Waals surface area contributed by atoms with Crippen molar-refractivity contribution >= 4 is 0 Å². The van der Waals surface area contributed by atoms with Gasteiger partial charge in [-0.3, -0.25) is 0 Å². The maximum Gasteiger partial charge on any atom is 0.115 e. The predicted molar refractivity (Wildman–Crippen MR) is 45.4 cm³/mol. The van der Waals surface area contributed by atoms with E-state index in [2.05, 4.69) is 6.58 Å². The number of fused-ring (bicyclic) bond motifs is 1. The smallest absolute Gasteiger partial charge is 0.115 e. The van der Waals surface area contributed by atoms with Crippen LogP contribution >= 0.6 is 0 Å². The van der Waals surface area contributed by atoms with E-state index in [4.69, 9.17) is 14.2 Å². The van der Waals surface area contributed by atoms with Gasteiger partial charge in [-0.2, -0.15) is 0 Å². The van der Waals surface area contributed by atoms with Crippen LogP contribution in [0.3, 0.4) is 0 Å². The lowest BCUT2D eigenvalue weighted by molar-refractivity contribution is -0.0279. The summed E-state index contributed by atoms with van der Waals surface area (Å²) in [6.07, 6.45) is 0.839. The highest BCUT2D eigenvalue weighted by molar-refractivity contribution is 4.95. The van der Waals surface area contributed by atoms with Crippen LogP contribution in [0.1, 0.15) is 0 Å². The normalized spacial score (nSPS) is 43.5. The van der Waals surface area contributed by atoms with Gasteiger partial charge >= 0.3 is 0 Å². The van der Waals surface area contributed by atoms with Crippen LogP contribution in [0, 0.1) is 0 Å². The Hall–Kier alpha value is -0.420. The molecule has 74 valence electrons. The summed E-state index contributed by atoms with van der Waals surface area (Å²) in [5.74, 6) is 0. The largest absolute Gasteiger partial charge is 0.388 e. The topological polar surface area (TPSA) is 47.9 Å². The molecule has 2 aliphatic rings. The van der Waals surface area contributed by atoms with E-state index in [9.17, 15) is 5.11 Å². The van der Waals surface area contributed by atoms with E-state index in [1.807, 2.05) is 0 Å². The molecule has 0 amide bonds. The Bertz CT molecular complexity index is 194. The van der Waals surface area contributed by atoms with E-state index in [-0.39, 0.29) is 18.3 Å². The Morgan fingerprint density at radius 1 is 1.38 bits per heavy atom. The van der Waals surface area contributed by atoms with Crippen molar-refractivity contribution in [3.8, 4) is 0 Å². The average Bonchev–Trinajstić information content (AvgIpc) is 2.67. The van der Waals surface area contributed by atoms with Gasteiger partial charge in [-0.25, -0.2) is 0 Å². The van der Waals surface area contributed by atoms with E-state index >= 15 is 0 Å². The number of aliphatic hydroxyl groups is 1. The van der Waals surface area contributed by atoms with Crippen LogP contribution in [-0.4, -0.2) is 49.3 Å². The summed E-state index contributed by atoms with van der Waals surface area (Å²) < 4.78 is 16.2. The van der Waals surface area contributed by atoms with Crippen molar-refractivity contribution in [1.29, 1.82) is 0 Å². The Labute approximate surface area is 77.1 Å². The first-order chi connectivity index (χ1) is 6.33. The third-order valence-electron chi connectivity index (χ3n) is 2.41. The van der Waals surface area contributed by atoms with Crippen LogP contribution in [0.4, 0.5) is 0 Å². The Morgan fingerprint density at radius 3 is 2.92 bits per heavy atom. The first-order valence-electron chi connectivity index (χ1n) is 4.46. The molecule has 2 aliphatic heterocycles. The van der Waals surface area contributed by atoms with E-state index in [1.54, 1.807) is 6.08 Å². The summed E-state index contributed by atoms with van der Waals surface area (Å²) in [5.41, 5.74) is 0. The minimum Gasteiger partial charge on any atom is -0.388 e. The zero-order chi connectivity index (χ0) is 9.26. The lowest BCUT2D eigenvalue weighted by Gasteiger charge is -2.15. The van der Waals surface area contributed by atoms with E-state index in [0.29, 0.717) is 19.8 Å². The van der Waals surface area contributed by atoms with Gasteiger partial charge in [0, 0.05) is 0 Å². The third kappa shape index (κ3) is 1.62. The van der Waals surface area contributed by atoms with Gasteiger partial charge < -0.3 is 19.3 Å². The SMILES string of the molecule is C=CCO[C@@H]1CO[C@H]2[C@@H]1OC[C@H]2O. The number of hydrogen-bond donors (Lipinski definition) is 1. The average molecular weight is 186 g/mol. The Kier molecular flexibility index (Phi) is 2.64. The molecule has 2 heterocycles. The predicted octanol–water partition coefficient (Wildman–Crippen LogP) is -0.284. The fourth-order valence-corrected chi connectivity index (χ4v) is 1.78. The molecule has 2 fully saturated rings. The standard InChI is InChI=1S/C9H14O4/c1-2-3-11-7-5-13-8-6(10)4-12-9(7)8/h2,6-10H,1,3-5H2/t6-,7-,8-,9-/m1/s1. The summed E-state index contributed by atoms with van der Waals surface area (Å²) in [6, 6.07) is 0. The highest BCUT2D eigenvalue weighted by Crippen LogP contribution is 2.28. The van der Waals surface area contributed by atoms with Crippen LogP contribution in [0.25, 0.3) is 0 Å². The molecule has 0 saturated carbocycles. The summed E-state index contributed by atoms with van der Waals surface area (Å²) >= 11 is 0. The van der Waals surface area contributed by atoms with Crippen LogP contribution in [0.2, 0.25) is 0 Å². The first kappa shape index (κ1) is 9.15. The molecule has 0 unspecified atom stereocenters. The zero-order valence-electron chi connectivity index (χ0n) is 7.39. The van der Waals surface area contributed by atoms with Crippen molar-refractivity contribution < 1.29 is 19.3 Å². The summed E-state index contributed by atoms with van der Waals surface area (Å²) in [6.45, 7) is 4.91. The summed E-state index contributed by atoms with van der Waals surface area (Å²) in [5, 5.41) is 9.42. The second kappa shape index (κ2) is 3.75. The van der Waals surface area contributed by atoms with E-state index in [1.165, 1.54) is 0 Å². The minimum atomic E-state index is -0.498. The van der Waals surface area contributed by atoms with Gasteiger partial charge in [0.1, 0.15) is 24.4 Å². The van der Waals surface area contributed by atoms with Crippen molar-refractivity contribution in [2.75, 3.05) is 19.8 Å². The maximum absolute atomic E-state index is 9.42. The molecule has 1 N–H and O–H groups in total. The lowest BCUT2D eigenvalue weighted by atomic mass is 10.1. The molecule has 0 spiro atoms. The van der Waals surface area contributed by atoms with Crippen molar-refractivity contribution in [1.82, 2.24) is 0 Å². The molecule has 4 heteroatoms. The number of rotatable bonds is 3. The number of ether oxygens (including phenoxy) is 3. The van der Waals surface area contributed by atoms with Crippen molar-refractivity contribution in [3.05, 3.63) is 12.7 Å². The number of hydrogen-bond acceptors (Lipinski definition) is 4. The molecule has 0 aromatic rings. The third-order valence-corrected chi connectivity index (χ3v) is 2.41. The van der Waals surface area contributed by atoms with Gasteiger partial charge in [0.15, 0.2) is 0 Å². The molecule has 4 atom stereocenters. The zero-order valence-corrected chi connectivity index (χ0v) is 7.39. The highest BCUT2D eigenvalue weighted by atomic mass is 16.6. The molecule has 0 radical (unpaired) electrons. The summed E-state index contributed by atoms with van der Waals surface area (Å²) in [4.78, 5) is 0. The monoisotopic (exact) mass is 186 g/mol. The van der Waals surface area contributed by atoms with Crippen molar-refractivity contribution in [3.63, 3.8) is 0 Å². The molecule has 13 heavy (non-hydrogen) atoms. The van der Waals surface area contributed by atoms with E-state index in [0.717, 1.165) is 0 Å². The minimum absolute atomic E-state index is 0.0554. The molecule has 4 nitrogen and oxygen atoms in total. The maximum atomic E-state index is 9.42. The Balaban J connectivity index is 1.90. The van der Waals surface area contributed by atoms with Crippen LogP contribution in [-0.2, 0) is 14.2 Å². The van der Waals surface area contributed by atoms with Crippen molar-refractivity contribution in [2.45, 2.75) is 24.4 Å². The number of aliphatic hydroxyl groups excluding tert-OH is 1. The van der Waals surface area contributed by atoms with Gasteiger partial charge in [0.25, 0.3) is 0 Å². The molecule has 2 saturated heterocycles. The van der Waals surface area contributed by atoms with Gasteiger partial charge in [0.05, 0.1) is 19.8 Å². The van der Waals surface area contributed by atoms with Gasteiger partial charge in [-0.05, 0) is 0 Å². The molecule has 0 bridgehead atoms. The molecular formula is C9H14O4. The lowest BCUT2D eigenvalue weighted by Crippen LogP contribution is -2.32. The van der Waals surface area contributed by atoms with Crippen molar-refractivity contribution in [2.24, 2.45) is 0 Å². The molecule has 0 aromatic carbocycles. The van der Waals surface area contributed by atoms with Crippen LogP contribution < -0.4 is 0 Å². The second-order valence-corrected chi connectivity index (χ2v) is 3.32. The molecule has 2 rings (SSSR count). The van der Waals surface area contributed by atoms with Gasteiger partial charge in [-0.15, -0.1) is 6.58 Å². The first-order valence-corrected chi connectivity index (χ1v) is 4.46. The highest BCUT2D eigenvalue weighted by Gasteiger charge is 2.47. The summed E-state index contributed by atoms with van der Waals surface area (Å²) in [7, 11) is 0. The van der Waals surface area contributed by atoms with Gasteiger partial charge in [0.2, 0.25) is 0 Å². The fraction of sp³-hybridized carbons (Fsp3) is 0.778. The van der Waals surface area contributed by atoms with E-state index < -0.39 is 6.10 Å². The fourth-order valence-electron chi connectivity index (χ4n) is 1.78. The van der Waals surface area contributed by atoms with Gasteiger partial charge in [-0.1, -0.05) is 6.08 Å². The molecule has 0 aliphatic carbocycles. The molecular weight excluding hydrogens is 172 g/mol. The Morgan fingerprint density at radius 2 is 2.15 bits per heavy atom. The van der Waals surface area contributed by atoms with Crippen LogP contribution in [0.5, 0.6) is 0 Å².